The van der Waals surface area contributed by atoms with Crippen LogP contribution in [0.25, 0.3) is 5.65 Å². The topological polar surface area (TPSA) is 37.6 Å². The molecule has 0 atom stereocenters. The second-order valence-corrected chi connectivity index (χ2v) is 6.78. The van der Waals surface area contributed by atoms with Gasteiger partial charge in [-0.2, -0.15) is 0 Å². The Kier molecular flexibility index (Phi) is 4.47. The molecule has 0 saturated heterocycles. The summed E-state index contributed by atoms with van der Waals surface area (Å²) < 4.78 is 2.02. The van der Waals surface area contributed by atoms with E-state index in [0.29, 0.717) is 12.1 Å². The van der Waals surface area contributed by atoms with Gasteiger partial charge in [0.1, 0.15) is 5.65 Å². The van der Waals surface area contributed by atoms with Crippen molar-refractivity contribution in [2.75, 3.05) is 4.90 Å². The molecule has 2 heterocycles. The number of nitrogens with zero attached hydrogens (tertiary/aromatic N) is 3. The van der Waals surface area contributed by atoms with Gasteiger partial charge in [0.2, 0.25) is 0 Å². The third-order valence-corrected chi connectivity index (χ3v) is 4.60. The van der Waals surface area contributed by atoms with E-state index in [1.165, 1.54) is 0 Å². The van der Waals surface area contributed by atoms with E-state index in [-0.39, 0.29) is 5.91 Å². The molecule has 134 valence electrons. The van der Waals surface area contributed by atoms with Crippen LogP contribution in [-0.2, 0) is 6.54 Å². The zero-order chi connectivity index (χ0) is 18.8. The lowest BCUT2D eigenvalue weighted by atomic mass is 10.1. The van der Waals surface area contributed by atoms with E-state index in [4.69, 9.17) is 0 Å². The van der Waals surface area contributed by atoms with Crippen LogP contribution in [0.4, 0.5) is 5.69 Å². The van der Waals surface area contributed by atoms with Crippen LogP contribution in [0, 0.1) is 13.8 Å². The second kappa shape index (κ2) is 7.08. The fraction of sp³-hybridized carbons (Fsp3) is 0.130. The van der Waals surface area contributed by atoms with Crippen LogP contribution in [0.5, 0.6) is 0 Å². The zero-order valence-corrected chi connectivity index (χ0v) is 15.5. The number of rotatable bonds is 4. The molecule has 0 aliphatic rings. The first-order valence-corrected chi connectivity index (χ1v) is 8.98. The Morgan fingerprint density at radius 1 is 0.963 bits per heavy atom. The van der Waals surface area contributed by atoms with Gasteiger partial charge in [0, 0.05) is 17.4 Å². The molecule has 2 aromatic heterocycles. The molecule has 27 heavy (non-hydrogen) atoms. The Balaban J connectivity index is 1.76. The lowest BCUT2D eigenvalue weighted by Crippen LogP contribution is -2.31. The van der Waals surface area contributed by atoms with Crippen LogP contribution in [-0.4, -0.2) is 15.3 Å². The zero-order valence-electron chi connectivity index (χ0n) is 15.5. The molecule has 0 N–H and O–H groups in total. The Morgan fingerprint density at radius 2 is 1.67 bits per heavy atom. The second-order valence-electron chi connectivity index (χ2n) is 6.78. The van der Waals surface area contributed by atoms with Gasteiger partial charge >= 0.3 is 0 Å². The molecule has 0 unspecified atom stereocenters. The Morgan fingerprint density at radius 3 is 2.41 bits per heavy atom. The number of aromatic nitrogens is 2. The Bertz CT molecular complexity index is 1080. The van der Waals surface area contributed by atoms with Gasteiger partial charge < -0.3 is 9.30 Å². The van der Waals surface area contributed by atoms with Gasteiger partial charge in [-0.25, -0.2) is 4.98 Å². The summed E-state index contributed by atoms with van der Waals surface area (Å²) >= 11 is 0. The molecular weight excluding hydrogens is 334 g/mol. The first-order valence-electron chi connectivity index (χ1n) is 8.98. The van der Waals surface area contributed by atoms with Crippen molar-refractivity contribution in [1.82, 2.24) is 9.38 Å². The summed E-state index contributed by atoms with van der Waals surface area (Å²) in [6.07, 6.45) is 3.81. The number of imidazole rings is 1. The number of hydrogen-bond acceptors (Lipinski definition) is 2. The maximum atomic E-state index is 13.4. The minimum absolute atomic E-state index is 0.0149. The molecule has 0 aliphatic carbocycles. The number of carbonyl (C=O) groups excluding carboxylic acids is 1. The summed E-state index contributed by atoms with van der Waals surface area (Å²) in [6, 6.07) is 21.6. The monoisotopic (exact) mass is 355 g/mol. The largest absolute Gasteiger partial charge is 0.302 e. The smallest absolute Gasteiger partial charge is 0.258 e. The van der Waals surface area contributed by atoms with Gasteiger partial charge in [0.25, 0.3) is 5.91 Å². The summed E-state index contributed by atoms with van der Waals surface area (Å²) in [6.45, 7) is 4.48. The molecule has 0 fully saturated rings. The number of benzene rings is 2. The molecule has 4 heteroatoms. The SMILES string of the molecule is Cc1cc(C)cc(C(=O)N(Cc2cnc3ccccn23)c2ccccc2)c1. The van der Waals surface area contributed by atoms with Gasteiger partial charge in [-0.05, 0) is 50.2 Å². The summed E-state index contributed by atoms with van der Waals surface area (Å²) in [5.74, 6) is -0.0149. The van der Waals surface area contributed by atoms with Crippen LogP contribution in [0.15, 0.2) is 79.1 Å². The summed E-state index contributed by atoms with van der Waals surface area (Å²) in [5.41, 5.74) is 5.58. The van der Waals surface area contributed by atoms with E-state index in [1.807, 2.05) is 96.2 Å². The molecule has 4 aromatic rings. The van der Waals surface area contributed by atoms with Crippen LogP contribution in [0.3, 0.4) is 0 Å². The van der Waals surface area contributed by atoms with Crippen molar-refractivity contribution >= 4 is 17.2 Å². The molecule has 1 amide bonds. The molecular formula is C23H21N3O. The minimum Gasteiger partial charge on any atom is -0.302 e. The van der Waals surface area contributed by atoms with Crippen molar-refractivity contribution in [3.63, 3.8) is 0 Å². The summed E-state index contributed by atoms with van der Waals surface area (Å²) in [4.78, 5) is 19.7. The minimum atomic E-state index is -0.0149. The quantitative estimate of drug-likeness (QED) is 0.527. The fourth-order valence-electron chi connectivity index (χ4n) is 3.41. The highest BCUT2D eigenvalue weighted by Gasteiger charge is 2.20. The third-order valence-electron chi connectivity index (χ3n) is 4.60. The summed E-state index contributed by atoms with van der Waals surface area (Å²) in [7, 11) is 0. The lowest BCUT2D eigenvalue weighted by Gasteiger charge is -2.23. The normalized spacial score (nSPS) is 10.9. The van der Waals surface area contributed by atoms with Crippen molar-refractivity contribution in [1.29, 1.82) is 0 Å². The van der Waals surface area contributed by atoms with E-state index in [2.05, 4.69) is 11.1 Å². The summed E-state index contributed by atoms with van der Waals surface area (Å²) in [5, 5.41) is 0. The molecule has 0 aliphatic heterocycles. The molecule has 0 saturated carbocycles. The Labute approximate surface area is 158 Å². The number of fused-ring (bicyclic) bond motifs is 1. The predicted molar refractivity (Wildman–Crippen MR) is 108 cm³/mol. The number of pyridine rings is 1. The average Bonchev–Trinajstić information content (AvgIpc) is 3.08. The van der Waals surface area contributed by atoms with Gasteiger partial charge in [-0.3, -0.25) is 4.79 Å². The molecule has 0 bridgehead atoms. The van der Waals surface area contributed by atoms with Gasteiger partial charge in [-0.1, -0.05) is 41.5 Å². The number of carbonyl (C=O) groups is 1. The number of para-hydroxylation sites is 1. The van der Waals surface area contributed by atoms with Crippen molar-refractivity contribution in [3.8, 4) is 0 Å². The number of amides is 1. The first-order chi connectivity index (χ1) is 13.1. The van der Waals surface area contributed by atoms with Crippen molar-refractivity contribution in [3.05, 3.63) is 102 Å². The van der Waals surface area contributed by atoms with Crippen LogP contribution in [0.1, 0.15) is 27.2 Å². The molecule has 0 radical (unpaired) electrons. The molecule has 4 nitrogen and oxygen atoms in total. The maximum absolute atomic E-state index is 13.4. The van der Waals surface area contributed by atoms with Crippen LogP contribution >= 0.6 is 0 Å². The third kappa shape index (κ3) is 3.47. The predicted octanol–water partition coefficient (Wildman–Crippen LogP) is 4.80. The fourth-order valence-corrected chi connectivity index (χ4v) is 3.41. The van der Waals surface area contributed by atoms with Crippen molar-refractivity contribution in [2.45, 2.75) is 20.4 Å². The highest BCUT2D eigenvalue weighted by atomic mass is 16.2. The number of anilines is 1. The van der Waals surface area contributed by atoms with Crippen molar-refractivity contribution < 1.29 is 4.79 Å². The molecule has 0 spiro atoms. The van der Waals surface area contributed by atoms with E-state index in [0.717, 1.165) is 28.2 Å². The number of hydrogen-bond donors (Lipinski definition) is 0. The average molecular weight is 355 g/mol. The first kappa shape index (κ1) is 17.0. The maximum Gasteiger partial charge on any atom is 0.258 e. The lowest BCUT2D eigenvalue weighted by molar-refractivity contribution is 0.0984. The number of aryl methyl sites for hydroxylation is 2. The van der Waals surface area contributed by atoms with E-state index in [9.17, 15) is 4.79 Å². The van der Waals surface area contributed by atoms with Gasteiger partial charge in [0.15, 0.2) is 0 Å². The van der Waals surface area contributed by atoms with Crippen LogP contribution in [0.2, 0.25) is 0 Å². The van der Waals surface area contributed by atoms with Gasteiger partial charge in [-0.15, -0.1) is 0 Å². The van der Waals surface area contributed by atoms with Crippen LogP contribution < -0.4 is 4.90 Å². The van der Waals surface area contributed by atoms with Crippen molar-refractivity contribution in [2.24, 2.45) is 0 Å². The highest BCUT2D eigenvalue weighted by Crippen LogP contribution is 2.21. The Hall–Kier alpha value is -3.40. The highest BCUT2D eigenvalue weighted by molar-refractivity contribution is 6.06. The molecule has 2 aromatic carbocycles. The van der Waals surface area contributed by atoms with Gasteiger partial charge in [0.05, 0.1) is 18.4 Å². The van der Waals surface area contributed by atoms with E-state index >= 15 is 0 Å². The molecule has 4 rings (SSSR count). The standard InChI is InChI=1S/C23H21N3O/c1-17-12-18(2)14-19(13-17)23(27)26(20-8-4-3-5-9-20)16-21-15-24-22-10-6-7-11-25(21)22/h3-15H,16H2,1-2H3. The van der Waals surface area contributed by atoms with E-state index in [1.54, 1.807) is 0 Å². The van der Waals surface area contributed by atoms with E-state index < -0.39 is 0 Å².